The molecule has 0 radical (unpaired) electrons. The standard InChI is InChI=1S/C8H13N2.HI/c1-3-8-5-4-7(2)10(9)6-8;/h4-6H,3,9H2,1-2H3;1H/q+1;/p-1. The Bertz CT molecular complexity index is 236. The van der Waals surface area contributed by atoms with E-state index in [0.29, 0.717) is 0 Å². The van der Waals surface area contributed by atoms with Crippen molar-refractivity contribution in [2.75, 3.05) is 5.84 Å². The average Bonchev–Trinajstić information content (AvgIpc) is 1.95. The van der Waals surface area contributed by atoms with Gasteiger partial charge in [-0.15, -0.1) is 0 Å². The summed E-state index contributed by atoms with van der Waals surface area (Å²) in [4.78, 5) is 0. The Hall–Kier alpha value is -0.320. The molecule has 11 heavy (non-hydrogen) atoms. The van der Waals surface area contributed by atoms with Gasteiger partial charge in [-0.05, 0) is 12.5 Å². The number of pyridine rings is 1. The average molecular weight is 264 g/mol. The van der Waals surface area contributed by atoms with Gasteiger partial charge in [0.15, 0.2) is 0 Å². The number of nitrogens with two attached hydrogens (primary N) is 1. The number of aryl methyl sites for hydroxylation is 2. The smallest absolute Gasteiger partial charge is 0.208 e. The predicted octanol–water partition coefficient (Wildman–Crippen LogP) is -2.44. The molecule has 0 fully saturated rings. The molecule has 0 amide bonds. The molecule has 0 saturated heterocycles. The highest BCUT2D eigenvalue weighted by atomic mass is 127. The molecule has 2 N–H and O–H groups in total. The number of rotatable bonds is 1. The van der Waals surface area contributed by atoms with Crippen LogP contribution in [0.25, 0.3) is 0 Å². The molecular formula is C8H13IN2. The zero-order valence-electron chi connectivity index (χ0n) is 6.84. The lowest BCUT2D eigenvalue weighted by atomic mass is 10.2. The maximum Gasteiger partial charge on any atom is 0.208 e. The summed E-state index contributed by atoms with van der Waals surface area (Å²) in [5.74, 6) is 5.61. The van der Waals surface area contributed by atoms with Gasteiger partial charge in [0.1, 0.15) is 0 Å². The van der Waals surface area contributed by atoms with E-state index in [-0.39, 0.29) is 24.0 Å². The van der Waals surface area contributed by atoms with E-state index >= 15 is 0 Å². The summed E-state index contributed by atoms with van der Waals surface area (Å²) in [6.07, 6.45) is 2.99. The van der Waals surface area contributed by atoms with Crippen LogP contribution in [0.15, 0.2) is 18.3 Å². The van der Waals surface area contributed by atoms with Gasteiger partial charge >= 0.3 is 0 Å². The molecule has 0 bridgehead atoms. The normalized spacial score (nSPS) is 8.91. The molecule has 1 rings (SSSR count). The molecule has 2 nitrogen and oxygen atoms in total. The predicted molar refractivity (Wildman–Crippen MR) is 40.9 cm³/mol. The molecule has 0 aliphatic rings. The van der Waals surface area contributed by atoms with Crippen LogP contribution in [0.1, 0.15) is 18.2 Å². The molecule has 0 spiro atoms. The van der Waals surface area contributed by atoms with E-state index in [4.69, 9.17) is 5.84 Å². The minimum absolute atomic E-state index is 0. The van der Waals surface area contributed by atoms with Crippen molar-refractivity contribution < 1.29 is 28.7 Å². The molecule has 1 heterocycles. The van der Waals surface area contributed by atoms with Crippen LogP contribution in [0.5, 0.6) is 0 Å². The summed E-state index contributed by atoms with van der Waals surface area (Å²) in [6, 6.07) is 4.12. The fourth-order valence-electron chi connectivity index (χ4n) is 0.846. The number of halogens is 1. The number of hydrogen-bond acceptors (Lipinski definition) is 1. The monoisotopic (exact) mass is 264 g/mol. The van der Waals surface area contributed by atoms with Gasteiger partial charge in [-0.1, -0.05) is 11.6 Å². The summed E-state index contributed by atoms with van der Waals surface area (Å²) in [7, 11) is 0. The maximum absolute atomic E-state index is 5.61. The third-order valence-corrected chi connectivity index (χ3v) is 1.66. The highest BCUT2D eigenvalue weighted by molar-refractivity contribution is 5.08. The van der Waals surface area contributed by atoms with E-state index in [1.807, 2.05) is 19.2 Å². The molecule has 0 saturated carbocycles. The van der Waals surface area contributed by atoms with E-state index in [0.717, 1.165) is 12.1 Å². The van der Waals surface area contributed by atoms with E-state index in [9.17, 15) is 0 Å². The minimum Gasteiger partial charge on any atom is -1.00 e. The summed E-state index contributed by atoms with van der Waals surface area (Å²) < 4.78 is 1.65. The van der Waals surface area contributed by atoms with E-state index in [1.54, 1.807) is 4.68 Å². The summed E-state index contributed by atoms with van der Waals surface area (Å²) in [6.45, 7) is 4.10. The van der Waals surface area contributed by atoms with Crippen LogP contribution in [-0.2, 0) is 6.42 Å². The van der Waals surface area contributed by atoms with Gasteiger partial charge in [0.2, 0.25) is 11.9 Å². The number of hydrogen-bond donors (Lipinski definition) is 1. The van der Waals surface area contributed by atoms with Gasteiger partial charge in [-0.3, -0.25) is 0 Å². The van der Waals surface area contributed by atoms with Crippen molar-refractivity contribution in [3.63, 3.8) is 0 Å². The quantitative estimate of drug-likeness (QED) is 0.341. The zero-order valence-corrected chi connectivity index (χ0v) is 9.00. The summed E-state index contributed by atoms with van der Waals surface area (Å²) >= 11 is 0. The molecule has 0 aromatic carbocycles. The molecule has 0 aliphatic heterocycles. The SMILES string of the molecule is CCc1ccc(C)[n+](N)c1.[I-]. The van der Waals surface area contributed by atoms with Crippen LogP contribution < -0.4 is 34.5 Å². The first kappa shape index (κ1) is 10.7. The second-order valence-corrected chi connectivity index (χ2v) is 2.44. The number of nitrogens with zero attached hydrogens (tertiary/aromatic N) is 1. The van der Waals surface area contributed by atoms with Crippen molar-refractivity contribution in [2.45, 2.75) is 20.3 Å². The topological polar surface area (TPSA) is 29.9 Å². The van der Waals surface area contributed by atoms with E-state index < -0.39 is 0 Å². The van der Waals surface area contributed by atoms with Crippen molar-refractivity contribution >= 4 is 0 Å². The van der Waals surface area contributed by atoms with E-state index in [1.165, 1.54) is 5.56 Å². The van der Waals surface area contributed by atoms with Gasteiger partial charge < -0.3 is 24.0 Å². The summed E-state index contributed by atoms with van der Waals surface area (Å²) in [5.41, 5.74) is 2.35. The van der Waals surface area contributed by atoms with Crippen LogP contribution >= 0.6 is 0 Å². The second kappa shape index (κ2) is 4.54. The molecule has 0 atom stereocenters. The molecule has 62 valence electrons. The van der Waals surface area contributed by atoms with Crippen LogP contribution in [0.3, 0.4) is 0 Å². The Morgan fingerprint density at radius 3 is 2.55 bits per heavy atom. The molecule has 0 unspecified atom stereocenters. The second-order valence-electron chi connectivity index (χ2n) is 2.44. The molecule has 1 aromatic heterocycles. The fourth-order valence-corrected chi connectivity index (χ4v) is 0.846. The molecule has 0 aliphatic carbocycles. The molecule has 3 heteroatoms. The van der Waals surface area contributed by atoms with Gasteiger partial charge in [-0.2, -0.15) is 0 Å². The first-order valence-corrected chi connectivity index (χ1v) is 3.50. The first-order chi connectivity index (χ1) is 4.74. The van der Waals surface area contributed by atoms with Crippen LogP contribution in [-0.4, -0.2) is 0 Å². The van der Waals surface area contributed by atoms with Crippen LogP contribution in [0.2, 0.25) is 0 Å². The minimum atomic E-state index is 0. The van der Waals surface area contributed by atoms with Crippen molar-refractivity contribution in [3.8, 4) is 0 Å². The highest BCUT2D eigenvalue weighted by Gasteiger charge is 2.00. The van der Waals surface area contributed by atoms with E-state index in [2.05, 4.69) is 13.0 Å². The van der Waals surface area contributed by atoms with Gasteiger partial charge in [0.25, 0.3) is 0 Å². The Morgan fingerprint density at radius 2 is 2.09 bits per heavy atom. The van der Waals surface area contributed by atoms with Crippen molar-refractivity contribution in [2.24, 2.45) is 0 Å². The van der Waals surface area contributed by atoms with Crippen LogP contribution in [0.4, 0.5) is 0 Å². The largest absolute Gasteiger partial charge is 1.00 e. The lowest BCUT2D eigenvalue weighted by Crippen LogP contribution is -3.00. The Labute approximate surface area is 84.4 Å². The van der Waals surface area contributed by atoms with Gasteiger partial charge in [-0.25, -0.2) is 5.84 Å². The number of aromatic nitrogens is 1. The first-order valence-electron chi connectivity index (χ1n) is 3.50. The summed E-state index contributed by atoms with van der Waals surface area (Å²) in [5, 5.41) is 0. The number of nitrogen functional groups attached to an aromatic ring is 1. The Balaban J connectivity index is 0.000001000. The van der Waals surface area contributed by atoms with Crippen molar-refractivity contribution in [3.05, 3.63) is 29.6 Å². The third kappa shape index (κ3) is 2.65. The highest BCUT2D eigenvalue weighted by Crippen LogP contribution is 1.96. The Kier molecular flexibility index (Phi) is 4.40. The van der Waals surface area contributed by atoms with Crippen molar-refractivity contribution in [1.29, 1.82) is 0 Å². The Morgan fingerprint density at radius 1 is 1.45 bits per heavy atom. The van der Waals surface area contributed by atoms with Crippen LogP contribution in [0, 0.1) is 6.92 Å². The lowest BCUT2D eigenvalue weighted by molar-refractivity contribution is -0.645. The van der Waals surface area contributed by atoms with Crippen molar-refractivity contribution in [1.82, 2.24) is 0 Å². The lowest BCUT2D eigenvalue weighted by Gasteiger charge is -1.94. The fraction of sp³-hybridized carbons (Fsp3) is 0.375. The third-order valence-electron chi connectivity index (χ3n) is 1.66. The zero-order chi connectivity index (χ0) is 7.56. The van der Waals surface area contributed by atoms with Gasteiger partial charge in [0.05, 0.1) is 0 Å². The molecule has 1 aromatic rings. The van der Waals surface area contributed by atoms with Gasteiger partial charge in [0, 0.05) is 18.6 Å². The maximum atomic E-state index is 5.61. The molecular weight excluding hydrogens is 251 g/mol.